The lowest BCUT2D eigenvalue weighted by Gasteiger charge is -2.63. The van der Waals surface area contributed by atoms with Gasteiger partial charge in [-0.05, 0) is 77.4 Å². The molecule has 3 aliphatic heterocycles. The summed E-state index contributed by atoms with van der Waals surface area (Å²) in [6.45, 7) is 11.1. The van der Waals surface area contributed by atoms with Crippen molar-refractivity contribution in [2.24, 2.45) is 5.92 Å². The van der Waals surface area contributed by atoms with Crippen LogP contribution in [0.15, 0.2) is 30.3 Å². The first-order valence-corrected chi connectivity index (χ1v) is 10.6. The Morgan fingerprint density at radius 3 is 2.46 bits per heavy atom. The van der Waals surface area contributed by atoms with Crippen LogP contribution in [-0.2, 0) is 15.1 Å². The summed E-state index contributed by atoms with van der Waals surface area (Å²) in [6, 6.07) is 10.9. The van der Waals surface area contributed by atoms with Crippen molar-refractivity contribution in [2.75, 3.05) is 26.2 Å². The Morgan fingerprint density at radius 2 is 1.81 bits per heavy atom. The number of ether oxygens (including phenoxy) is 2. The monoisotopic (exact) mass is 357 g/mol. The summed E-state index contributed by atoms with van der Waals surface area (Å²) in [5, 5.41) is 0. The molecular formula is C23H35NO2. The highest BCUT2D eigenvalue weighted by molar-refractivity contribution is 5.30. The molecule has 0 amide bonds. The Bertz CT molecular complexity index is 610. The van der Waals surface area contributed by atoms with Crippen LogP contribution in [0, 0.1) is 5.92 Å². The molecule has 2 bridgehead atoms. The van der Waals surface area contributed by atoms with Crippen LogP contribution < -0.4 is 0 Å². The minimum absolute atomic E-state index is 0.0541. The molecule has 144 valence electrons. The fourth-order valence-electron chi connectivity index (χ4n) is 5.66. The van der Waals surface area contributed by atoms with Crippen LogP contribution in [0.5, 0.6) is 0 Å². The average molecular weight is 358 g/mol. The molecule has 1 aliphatic carbocycles. The molecule has 3 heteroatoms. The Labute approximate surface area is 159 Å². The van der Waals surface area contributed by atoms with Gasteiger partial charge in [0.25, 0.3) is 0 Å². The number of likely N-dealkylation sites (tertiary alicyclic amines) is 1. The van der Waals surface area contributed by atoms with Gasteiger partial charge in [-0.1, -0.05) is 36.8 Å². The van der Waals surface area contributed by atoms with Gasteiger partial charge in [0.2, 0.25) is 0 Å². The third-order valence-corrected chi connectivity index (χ3v) is 7.27. The van der Waals surface area contributed by atoms with Gasteiger partial charge in [0.05, 0.1) is 17.8 Å². The summed E-state index contributed by atoms with van der Waals surface area (Å²) in [4.78, 5) is 2.57. The maximum absolute atomic E-state index is 6.82. The highest BCUT2D eigenvalue weighted by Crippen LogP contribution is 2.59. The first-order valence-electron chi connectivity index (χ1n) is 10.6. The number of rotatable bonds is 5. The zero-order valence-corrected chi connectivity index (χ0v) is 16.8. The van der Waals surface area contributed by atoms with Gasteiger partial charge in [0.15, 0.2) is 0 Å². The molecule has 4 aliphatic rings. The number of fused-ring (bicyclic) bond motifs is 3. The largest absolute Gasteiger partial charge is 0.366 e. The van der Waals surface area contributed by atoms with Crippen molar-refractivity contribution in [2.45, 2.75) is 76.1 Å². The van der Waals surface area contributed by atoms with Crippen LogP contribution in [0.2, 0.25) is 0 Å². The number of piperidine rings is 1. The van der Waals surface area contributed by atoms with Crippen LogP contribution in [-0.4, -0.2) is 42.3 Å². The summed E-state index contributed by atoms with van der Waals surface area (Å²) in [6.07, 6.45) is 7.45. The van der Waals surface area contributed by atoms with E-state index in [-0.39, 0.29) is 16.8 Å². The van der Waals surface area contributed by atoms with Gasteiger partial charge in [-0.2, -0.15) is 0 Å². The lowest BCUT2D eigenvalue weighted by molar-refractivity contribution is -0.331. The molecule has 1 aromatic rings. The van der Waals surface area contributed by atoms with Crippen molar-refractivity contribution >= 4 is 0 Å². The van der Waals surface area contributed by atoms with Gasteiger partial charge in [0.1, 0.15) is 5.60 Å². The van der Waals surface area contributed by atoms with Crippen LogP contribution in [0.1, 0.15) is 64.9 Å². The molecule has 0 aromatic heterocycles. The average Bonchev–Trinajstić information content (AvgIpc) is 2.63. The number of nitrogens with zero attached hydrogens (tertiary/aromatic N) is 1. The minimum atomic E-state index is -0.317. The maximum atomic E-state index is 6.82. The zero-order valence-electron chi connectivity index (χ0n) is 16.8. The molecule has 3 unspecified atom stereocenters. The molecule has 5 rings (SSSR count). The Kier molecular flexibility index (Phi) is 4.92. The second-order valence-electron chi connectivity index (χ2n) is 9.32. The van der Waals surface area contributed by atoms with Gasteiger partial charge in [-0.15, -0.1) is 0 Å². The number of benzene rings is 1. The molecular weight excluding hydrogens is 322 g/mol. The molecule has 1 saturated carbocycles. The maximum Gasteiger partial charge on any atom is 0.122 e. The van der Waals surface area contributed by atoms with Crippen molar-refractivity contribution in [3.63, 3.8) is 0 Å². The lowest BCUT2D eigenvalue weighted by Crippen LogP contribution is -2.67. The van der Waals surface area contributed by atoms with Gasteiger partial charge in [-0.3, -0.25) is 0 Å². The summed E-state index contributed by atoms with van der Waals surface area (Å²) in [5.74, 6) is 0.555. The smallest absolute Gasteiger partial charge is 0.122 e. The minimum Gasteiger partial charge on any atom is -0.366 e. The molecule has 4 fully saturated rings. The second-order valence-corrected chi connectivity index (χ2v) is 9.32. The Balaban J connectivity index is 1.57. The summed E-state index contributed by atoms with van der Waals surface area (Å²) in [7, 11) is 0. The summed E-state index contributed by atoms with van der Waals surface area (Å²) in [5.41, 5.74) is 0.666. The molecule has 3 nitrogen and oxygen atoms in total. The Morgan fingerprint density at radius 1 is 1.08 bits per heavy atom. The van der Waals surface area contributed by atoms with Crippen molar-refractivity contribution in [3.05, 3.63) is 35.9 Å². The van der Waals surface area contributed by atoms with Gasteiger partial charge >= 0.3 is 0 Å². The van der Waals surface area contributed by atoms with E-state index < -0.39 is 0 Å². The third kappa shape index (κ3) is 3.12. The first kappa shape index (κ1) is 18.5. The van der Waals surface area contributed by atoms with Gasteiger partial charge in [-0.25, -0.2) is 0 Å². The van der Waals surface area contributed by atoms with E-state index in [1.807, 2.05) is 0 Å². The second kappa shape index (κ2) is 6.92. The molecule has 0 radical (unpaired) electrons. The molecule has 3 saturated heterocycles. The topological polar surface area (TPSA) is 21.7 Å². The normalized spacial score (nSPS) is 37.0. The van der Waals surface area contributed by atoms with E-state index in [0.29, 0.717) is 5.92 Å². The molecule has 0 N–H and O–H groups in total. The molecule has 0 spiro atoms. The van der Waals surface area contributed by atoms with Crippen LogP contribution in [0.4, 0.5) is 0 Å². The highest BCUT2D eigenvalue weighted by Gasteiger charge is 2.63. The molecule has 3 atom stereocenters. The SMILES string of the molecule is CC1(C)OC2(C)CCC1CC2(OCCN1CCCCC1)c1ccccc1. The summed E-state index contributed by atoms with van der Waals surface area (Å²) >= 11 is 0. The molecule has 3 heterocycles. The Hall–Kier alpha value is -0.900. The van der Waals surface area contributed by atoms with Gasteiger partial charge in [0, 0.05) is 6.54 Å². The van der Waals surface area contributed by atoms with Crippen LogP contribution in [0.3, 0.4) is 0 Å². The fourth-order valence-corrected chi connectivity index (χ4v) is 5.66. The predicted octanol–water partition coefficient (Wildman–Crippen LogP) is 4.75. The molecule has 1 aromatic carbocycles. The predicted molar refractivity (Wildman–Crippen MR) is 105 cm³/mol. The van der Waals surface area contributed by atoms with Crippen molar-refractivity contribution in [1.82, 2.24) is 4.90 Å². The van der Waals surface area contributed by atoms with Crippen molar-refractivity contribution in [3.8, 4) is 0 Å². The first-order chi connectivity index (χ1) is 12.5. The fraction of sp³-hybridized carbons (Fsp3) is 0.739. The van der Waals surface area contributed by atoms with E-state index in [4.69, 9.17) is 9.47 Å². The quantitative estimate of drug-likeness (QED) is 0.759. The number of hydrogen-bond donors (Lipinski definition) is 0. The van der Waals surface area contributed by atoms with Gasteiger partial charge < -0.3 is 14.4 Å². The lowest BCUT2D eigenvalue weighted by atomic mass is 9.58. The van der Waals surface area contributed by atoms with E-state index in [1.165, 1.54) is 44.3 Å². The standard InChI is InChI=1S/C23H35NO2/c1-21(2)20-12-13-22(3,26-21)23(18-20,19-10-6-4-7-11-19)25-17-16-24-14-8-5-9-15-24/h4,6-7,10-11,20H,5,8-9,12-18H2,1-3H3. The van der Waals surface area contributed by atoms with Crippen LogP contribution in [0.25, 0.3) is 0 Å². The van der Waals surface area contributed by atoms with Crippen molar-refractivity contribution < 1.29 is 9.47 Å². The van der Waals surface area contributed by atoms with E-state index in [2.05, 4.69) is 56.0 Å². The third-order valence-electron chi connectivity index (χ3n) is 7.27. The van der Waals surface area contributed by atoms with E-state index in [0.717, 1.165) is 26.0 Å². The van der Waals surface area contributed by atoms with E-state index in [1.54, 1.807) is 0 Å². The van der Waals surface area contributed by atoms with Crippen molar-refractivity contribution in [1.29, 1.82) is 0 Å². The molecule has 26 heavy (non-hydrogen) atoms. The summed E-state index contributed by atoms with van der Waals surface area (Å²) < 4.78 is 13.6. The zero-order chi connectivity index (χ0) is 18.3. The van der Waals surface area contributed by atoms with E-state index in [9.17, 15) is 0 Å². The van der Waals surface area contributed by atoms with E-state index >= 15 is 0 Å². The number of hydrogen-bond acceptors (Lipinski definition) is 3. The van der Waals surface area contributed by atoms with Crippen LogP contribution >= 0.6 is 0 Å². The highest BCUT2D eigenvalue weighted by atomic mass is 16.6.